The summed E-state index contributed by atoms with van der Waals surface area (Å²) in [5.74, 6) is 2.42. The molecule has 0 aliphatic carbocycles. The molecule has 2 aromatic rings. The maximum absolute atomic E-state index is 4.11. The zero-order valence-corrected chi connectivity index (χ0v) is 11.9. The Hall–Kier alpha value is -0.910. The van der Waals surface area contributed by atoms with Crippen molar-refractivity contribution in [2.45, 2.75) is 18.2 Å². The first-order valence-corrected chi connectivity index (χ1v) is 7.97. The fraction of sp³-hybridized carbons (Fsp3) is 0.385. The second kappa shape index (κ2) is 5.38. The fourth-order valence-corrected chi connectivity index (χ4v) is 4.76. The molecule has 0 amide bonds. The maximum atomic E-state index is 4.11. The summed E-state index contributed by atoms with van der Waals surface area (Å²) in [5, 5.41) is 3.37. The van der Waals surface area contributed by atoms with E-state index in [9.17, 15) is 0 Å². The van der Waals surface area contributed by atoms with E-state index in [-0.39, 0.29) is 6.04 Å². The van der Waals surface area contributed by atoms with Gasteiger partial charge in [-0.15, -0.1) is 11.3 Å². The summed E-state index contributed by atoms with van der Waals surface area (Å²) in [6.07, 6.45) is 6.57. The first kappa shape index (κ1) is 12.1. The molecule has 0 saturated carbocycles. The van der Waals surface area contributed by atoms with Crippen molar-refractivity contribution in [3.63, 3.8) is 0 Å². The molecule has 1 aliphatic heterocycles. The molecule has 1 unspecified atom stereocenters. The van der Waals surface area contributed by atoms with Crippen molar-refractivity contribution in [2.24, 2.45) is 0 Å². The SMILES string of the molecule is CNC(c1cncnc1)c1cc2c(s1)CCSC2. The van der Waals surface area contributed by atoms with Gasteiger partial charge >= 0.3 is 0 Å². The monoisotopic (exact) mass is 277 g/mol. The molecule has 0 radical (unpaired) electrons. The zero-order valence-electron chi connectivity index (χ0n) is 10.2. The minimum atomic E-state index is 0.215. The fourth-order valence-electron chi connectivity index (χ4n) is 2.25. The molecule has 1 atom stereocenters. The lowest BCUT2D eigenvalue weighted by Crippen LogP contribution is -2.16. The number of nitrogens with one attached hydrogen (secondary N) is 1. The molecule has 18 heavy (non-hydrogen) atoms. The lowest BCUT2D eigenvalue weighted by molar-refractivity contribution is 0.696. The van der Waals surface area contributed by atoms with Gasteiger partial charge in [0.1, 0.15) is 6.33 Å². The van der Waals surface area contributed by atoms with Crippen molar-refractivity contribution in [1.29, 1.82) is 0 Å². The van der Waals surface area contributed by atoms with Crippen molar-refractivity contribution in [3.8, 4) is 0 Å². The quantitative estimate of drug-likeness (QED) is 0.936. The number of thioether (sulfide) groups is 1. The van der Waals surface area contributed by atoms with Gasteiger partial charge in [0.15, 0.2) is 0 Å². The molecule has 5 heteroatoms. The van der Waals surface area contributed by atoms with Crippen LogP contribution in [0.4, 0.5) is 0 Å². The van der Waals surface area contributed by atoms with Crippen molar-refractivity contribution in [1.82, 2.24) is 15.3 Å². The van der Waals surface area contributed by atoms with Gasteiger partial charge in [-0.1, -0.05) is 0 Å². The Balaban J connectivity index is 1.94. The average molecular weight is 277 g/mol. The Labute approximate surface area is 115 Å². The Bertz CT molecular complexity index is 501. The van der Waals surface area contributed by atoms with Crippen LogP contribution in [-0.2, 0) is 12.2 Å². The summed E-state index contributed by atoms with van der Waals surface area (Å²) in [5.41, 5.74) is 2.65. The van der Waals surface area contributed by atoms with Gasteiger partial charge in [0.2, 0.25) is 0 Å². The number of hydrogen-bond acceptors (Lipinski definition) is 5. The standard InChI is InChI=1S/C13H15N3S2/c1-14-13(10-5-15-8-16-6-10)12-4-9-7-17-3-2-11(9)18-12/h4-6,8,13-14H,2-3,7H2,1H3. The van der Waals surface area contributed by atoms with Gasteiger partial charge in [0, 0.05) is 33.5 Å². The molecule has 3 heterocycles. The lowest BCUT2D eigenvalue weighted by atomic mass is 10.1. The van der Waals surface area contributed by atoms with E-state index in [2.05, 4.69) is 21.4 Å². The number of hydrogen-bond donors (Lipinski definition) is 1. The minimum absolute atomic E-state index is 0.215. The zero-order chi connectivity index (χ0) is 12.4. The van der Waals surface area contributed by atoms with E-state index in [4.69, 9.17) is 0 Å². The van der Waals surface area contributed by atoms with Gasteiger partial charge in [-0.05, 0) is 30.9 Å². The molecule has 3 nitrogen and oxygen atoms in total. The first-order chi connectivity index (χ1) is 8.88. The van der Waals surface area contributed by atoms with Gasteiger partial charge in [-0.3, -0.25) is 0 Å². The highest BCUT2D eigenvalue weighted by Crippen LogP contribution is 2.36. The minimum Gasteiger partial charge on any atom is -0.309 e. The van der Waals surface area contributed by atoms with Crippen LogP contribution in [0.5, 0.6) is 0 Å². The predicted octanol–water partition coefficient (Wildman–Crippen LogP) is 2.64. The number of nitrogens with zero attached hydrogens (tertiary/aromatic N) is 2. The molecular formula is C13H15N3S2. The Kier molecular flexibility index (Phi) is 3.63. The Morgan fingerprint density at radius 3 is 2.89 bits per heavy atom. The molecule has 94 valence electrons. The van der Waals surface area contributed by atoms with Crippen LogP contribution in [0.15, 0.2) is 24.8 Å². The normalized spacial score (nSPS) is 16.3. The van der Waals surface area contributed by atoms with E-state index in [1.54, 1.807) is 11.2 Å². The van der Waals surface area contributed by atoms with Crippen molar-refractivity contribution >= 4 is 23.1 Å². The van der Waals surface area contributed by atoms with Crippen molar-refractivity contribution < 1.29 is 0 Å². The molecule has 1 N–H and O–H groups in total. The number of aromatic nitrogens is 2. The van der Waals surface area contributed by atoms with E-state index < -0.39 is 0 Å². The summed E-state index contributed by atoms with van der Waals surface area (Å²) in [6, 6.07) is 2.56. The van der Waals surface area contributed by atoms with Crippen molar-refractivity contribution in [3.05, 3.63) is 45.7 Å². The van der Waals surface area contributed by atoms with Gasteiger partial charge in [0.05, 0.1) is 6.04 Å². The van der Waals surface area contributed by atoms with Gasteiger partial charge in [0.25, 0.3) is 0 Å². The summed E-state index contributed by atoms with van der Waals surface area (Å²) in [7, 11) is 1.99. The Morgan fingerprint density at radius 2 is 2.17 bits per heavy atom. The predicted molar refractivity (Wildman–Crippen MR) is 77.1 cm³/mol. The number of aryl methyl sites for hydroxylation is 1. The lowest BCUT2D eigenvalue weighted by Gasteiger charge is -2.13. The molecule has 0 aromatic carbocycles. The molecular weight excluding hydrogens is 262 g/mol. The average Bonchev–Trinajstić information content (AvgIpc) is 2.84. The third-order valence-electron chi connectivity index (χ3n) is 3.13. The maximum Gasteiger partial charge on any atom is 0.115 e. The van der Waals surface area contributed by atoms with E-state index in [0.29, 0.717) is 0 Å². The topological polar surface area (TPSA) is 37.8 Å². The van der Waals surface area contributed by atoms with Crippen LogP contribution in [0.25, 0.3) is 0 Å². The third-order valence-corrected chi connectivity index (χ3v) is 5.44. The van der Waals surface area contributed by atoms with E-state index in [1.807, 2.05) is 42.5 Å². The van der Waals surface area contributed by atoms with Crippen molar-refractivity contribution in [2.75, 3.05) is 12.8 Å². The molecule has 0 fully saturated rings. The van der Waals surface area contributed by atoms with E-state index in [1.165, 1.54) is 22.6 Å². The highest BCUT2D eigenvalue weighted by molar-refractivity contribution is 7.98. The van der Waals surface area contributed by atoms with Gasteiger partial charge in [-0.25, -0.2) is 9.97 Å². The number of fused-ring (bicyclic) bond motifs is 1. The van der Waals surface area contributed by atoms with E-state index >= 15 is 0 Å². The van der Waals surface area contributed by atoms with Crippen LogP contribution in [0.1, 0.15) is 26.9 Å². The van der Waals surface area contributed by atoms with Crippen LogP contribution in [0, 0.1) is 0 Å². The largest absolute Gasteiger partial charge is 0.309 e. The molecule has 0 spiro atoms. The van der Waals surface area contributed by atoms with E-state index in [0.717, 1.165) is 11.3 Å². The first-order valence-electron chi connectivity index (χ1n) is 6.00. The van der Waals surface area contributed by atoms with Crippen LogP contribution in [0.2, 0.25) is 0 Å². The second-order valence-corrected chi connectivity index (χ2v) is 6.57. The third kappa shape index (κ3) is 2.30. The summed E-state index contributed by atoms with van der Waals surface area (Å²) < 4.78 is 0. The van der Waals surface area contributed by atoms with Crippen LogP contribution in [0.3, 0.4) is 0 Å². The summed E-state index contributed by atoms with van der Waals surface area (Å²) >= 11 is 3.96. The van der Waals surface area contributed by atoms with Gasteiger partial charge < -0.3 is 5.32 Å². The molecule has 0 bridgehead atoms. The van der Waals surface area contributed by atoms with Crippen LogP contribution < -0.4 is 5.32 Å². The molecule has 2 aromatic heterocycles. The Morgan fingerprint density at radius 1 is 1.33 bits per heavy atom. The number of thiophene rings is 1. The molecule has 0 saturated heterocycles. The number of rotatable bonds is 3. The highest BCUT2D eigenvalue weighted by atomic mass is 32.2. The molecule has 1 aliphatic rings. The second-order valence-electron chi connectivity index (χ2n) is 4.29. The summed E-state index contributed by atoms with van der Waals surface area (Å²) in [4.78, 5) is 11.2. The summed E-state index contributed by atoms with van der Waals surface area (Å²) in [6.45, 7) is 0. The smallest absolute Gasteiger partial charge is 0.115 e. The van der Waals surface area contributed by atoms with Crippen LogP contribution >= 0.6 is 23.1 Å². The van der Waals surface area contributed by atoms with Gasteiger partial charge in [-0.2, -0.15) is 11.8 Å². The van der Waals surface area contributed by atoms with Crippen LogP contribution in [-0.4, -0.2) is 22.8 Å². The highest BCUT2D eigenvalue weighted by Gasteiger charge is 2.19. The molecule has 3 rings (SSSR count).